The van der Waals surface area contributed by atoms with Crippen LogP contribution in [0.3, 0.4) is 0 Å². The number of nitrogens with zero attached hydrogens (tertiary/aromatic N) is 2. The topological polar surface area (TPSA) is 123 Å². The third-order valence-corrected chi connectivity index (χ3v) is 3.66. The Balaban J connectivity index is 2.84. The van der Waals surface area contributed by atoms with Crippen molar-refractivity contribution in [1.82, 2.24) is 20.2 Å². The van der Waals surface area contributed by atoms with Crippen LogP contribution in [0.2, 0.25) is 0 Å². The summed E-state index contributed by atoms with van der Waals surface area (Å²) in [6.07, 6.45) is 2.82. The lowest BCUT2D eigenvalue weighted by Gasteiger charge is -2.25. The predicted molar refractivity (Wildman–Crippen MR) is 99.1 cm³/mol. The van der Waals surface area contributed by atoms with Crippen molar-refractivity contribution in [2.45, 2.75) is 65.1 Å². The first kappa shape index (κ1) is 22.5. The van der Waals surface area contributed by atoms with Crippen molar-refractivity contribution >= 4 is 18.0 Å². The Hall–Kier alpha value is -2.58. The first-order valence-corrected chi connectivity index (χ1v) is 8.87. The number of aryl methyl sites for hydroxylation is 1. The molecule has 1 aromatic rings. The van der Waals surface area contributed by atoms with Gasteiger partial charge in [-0.2, -0.15) is 0 Å². The first-order chi connectivity index (χ1) is 12.4. The number of aliphatic carboxylic acids is 1. The Labute approximate surface area is 159 Å². The first-order valence-electron chi connectivity index (χ1n) is 8.87. The van der Waals surface area contributed by atoms with Gasteiger partial charge >= 0.3 is 12.1 Å². The lowest BCUT2D eigenvalue weighted by atomic mass is 10.0. The van der Waals surface area contributed by atoms with E-state index in [1.807, 2.05) is 13.8 Å². The predicted octanol–water partition coefficient (Wildman–Crippen LogP) is 1.47. The average molecular weight is 382 g/mol. The van der Waals surface area contributed by atoms with Crippen LogP contribution in [-0.4, -0.2) is 50.3 Å². The molecule has 2 amide bonds. The molecule has 0 aliphatic heterocycles. The van der Waals surface area contributed by atoms with Gasteiger partial charge in [0.05, 0.1) is 6.33 Å². The molecule has 0 saturated heterocycles. The molecule has 9 heteroatoms. The van der Waals surface area contributed by atoms with Gasteiger partial charge in [-0.3, -0.25) is 4.79 Å². The Morgan fingerprint density at radius 1 is 1.22 bits per heavy atom. The number of alkyl carbamates (subject to hydrolysis) is 1. The van der Waals surface area contributed by atoms with Crippen LogP contribution in [0.25, 0.3) is 0 Å². The summed E-state index contributed by atoms with van der Waals surface area (Å²) in [5, 5.41) is 14.5. The summed E-state index contributed by atoms with van der Waals surface area (Å²) < 4.78 is 6.88. The van der Waals surface area contributed by atoms with E-state index in [-0.39, 0.29) is 12.3 Å². The molecule has 1 aromatic heterocycles. The third-order valence-electron chi connectivity index (χ3n) is 3.66. The highest BCUT2D eigenvalue weighted by atomic mass is 16.6. The van der Waals surface area contributed by atoms with Gasteiger partial charge in [-0.05, 0) is 33.1 Å². The maximum Gasteiger partial charge on any atom is 0.408 e. The number of carbonyl (C=O) groups is 3. The second-order valence-corrected chi connectivity index (χ2v) is 7.93. The van der Waals surface area contributed by atoms with E-state index in [2.05, 4.69) is 15.6 Å². The molecule has 152 valence electrons. The van der Waals surface area contributed by atoms with Crippen LogP contribution >= 0.6 is 0 Å². The summed E-state index contributed by atoms with van der Waals surface area (Å²) in [6, 6.07) is -2.03. The zero-order valence-corrected chi connectivity index (χ0v) is 16.8. The van der Waals surface area contributed by atoms with Gasteiger partial charge in [0.15, 0.2) is 0 Å². The lowest BCUT2D eigenvalue weighted by molar-refractivity contribution is -0.142. The second-order valence-electron chi connectivity index (χ2n) is 7.93. The standard InChI is InChI=1S/C18H30N4O5/c1-11(2)7-13(21-17(26)27-18(3,4)5)15(23)20-14(16(24)25)8-12-9-19-10-22(12)6/h9-11,13-14H,7-8H2,1-6H3,(H,20,23)(H,21,26)(H,24,25). The van der Waals surface area contributed by atoms with E-state index in [1.165, 1.54) is 0 Å². The molecule has 3 N–H and O–H groups in total. The number of carbonyl (C=O) groups excluding carboxylic acids is 2. The summed E-state index contributed by atoms with van der Waals surface area (Å²) in [5.74, 6) is -1.62. The highest BCUT2D eigenvalue weighted by Gasteiger charge is 2.29. The van der Waals surface area contributed by atoms with Gasteiger partial charge < -0.3 is 25.0 Å². The van der Waals surface area contributed by atoms with Gasteiger partial charge in [0.2, 0.25) is 5.91 Å². The van der Waals surface area contributed by atoms with Crippen LogP contribution in [0.4, 0.5) is 4.79 Å². The number of ether oxygens (including phenoxy) is 1. The monoisotopic (exact) mass is 382 g/mol. The van der Waals surface area contributed by atoms with E-state index >= 15 is 0 Å². The number of carboxylic acid groups (broad SMARTS) is 1. The number of amides is 2. The van der Waals surface area contributed by atoms with E-state index in [0.29, 0.717) is 12.1 Å². The number of carboxylic acids is 1. The Morgan fingerprint density at radius 3 is 2.30 bits per heavy atom. The van der Waals surface area contributed by atoms with Crippen LogP contribution in [0.1, 0.15) is 46.7 Å². The summed E-state index contributed by atoms with van der Waals surface area (Å²) in [6.45, 7) is 8.97. The molecule has 0 spiro atoms. The average Bonchev–Trinajstić information content (AvgIpc) is 2.88. The smallest absolute Gasteiger partial charge is 0.408 e. The van der Waals surface area contributed by atoms with Crippen molar-refractivity contribution in [3.8, 4) is 0 Å². The van der Waals surface area contributed by atoms with Crippen LogP contribution in [-0.2, 0) is 27.8 Å². The van der Waals surface area contributed by atoms with E-state index in [0.717, 1.165) is 0 Å². The van der Waals surface area contributed by atoms with E-state index in [9.17, 15) is 19.5 Å². The minimum absolute atomic E-state index is 0.0818. The van der Waals surface area contributed by atoms with Crippen molar-refractivity contribution in [3.63, 3.8) is 0 Å². The number of rotatable bonds is 8. The molecular weight excluding hydrogens is 352 g/mol. The van der Waals surface area contributed by atoms with E-state index < -0.39 is 35.7 Å². The fraction of sp³-hybridized carbons (Fsp3) is 0.667. The molecule has 1 rings (SSSR count). The highest BCUT2D eigenvalue weighted by Crippen LogP contribution is 2.10. The van der Waals surface area contributed by atoms with Crippen molar-refractivity contribution < 1.29 is 24.2 Å². The molecular formula is C18H30N4O5. The maximum atomic E-state index is 12.6. The van der Waals surface area contributed by atoms with Gasteiger partial charge in [0, 0.05) is 25.4 Å². The van der Waals surface area contributed by atoms with Crippen LogP contribution < -0.4 is 10.6 Å². The van der Waals surface area contributed by atoms with Crippen molar-refractivity contribution in [2.24, 2.45) is 13.0 Å². The molecule has 0 aliphatic rings. The van der Waals surface area contributed by atoms with Gasteiger partial charge in [0.25, 0.3) is 0 Å². The molecule has 2 unspecified atom stereocenters. The third kappa shape index (κ3) is 8.10. The minimum atomic E-state index is -1.16. The molecule has 0 bridgehead atoms. The second kappa shape index (κ2) is 9.38. The molecule has 1 heterocycles. The lowest BCUT2D eigenvalue weighted by Crippen LogP contribution is -2.53. The Kier molecular flexibility index (Phi) is 7.81. The summed E-state index contributed by atoms with van der Waals surface area (Å²) >= 11 is 0. The highest BCUT2D eigenvalue weighted by molar-refractivity contribution is 5.89. The van der Waals surface area contributed by atoms with E-state index in [4.69, 9.17) is 4.74 Å². The number of aromatic nitrogens is 2. The van der Waals surface area contributed by atoms with E-state index in [1.54, 1.807) is 44.9 Å². The van der Waals surface area contributed by atoms with Crippen molar-refractivity contribution in [1.29, 1.82) is 0 Å². The Morgan fingerprint density at radius 2 is 1.85 bits per heavy atom. The SMILES string of the molecule is CC(C)CC(NC(=O)OC(C)(C)C)C(=O)NC(Cc1cncn1C)C(=O)O. The van der Waals surface area contributed by atoms with Crippen LogP contribution in [0, 0.1) is 5.92 Å². The van der Waals surface area contributed by atoms with Crippen molar-refractivity contribution in [2.75, 3.05) is 0 Å². The zero-order chi connectivity index (χ0) is 20.8. The molecule has 0 radical (unpaired) electrons. The normalized spacial score (nSPS) is 13.7. The number of hydrogen-bond donors (Lipinski definition) is 3. The quantitative estimate of drug-likeness (QED) is 0.626. The van der Waals surface area contributed by atoms with Crippen LogP contribution in [0.5, 0.6) is 0 Å². The van der Waals surface area contributed by atoms with Gasteiger partial charge in [-0.1, -0.05) is 13.8 Å². The van der Waals surface area contributed by atoms with Crippen molar-refractivity contribution in [3.05, 3.63) is 18.2 Å². The van der Waals surface area contributed by atoms with Gasteiger partial charge in [0.1, 0.15) is 17.7 Å². The summed E-state index contributed by atoms with van der Waals surface area (Å²) in [5.41, 5.74) is -0.0327. The largest absolute Gasteiger partial charge is 0.480 e. The minimum Gasteiger partial charge on any atom is -0.480 e. The fourth-order valence-corrected chi connectivity index (χ4v) is 2.42. The fourth-order valence-electron chi connectivity index (χ4n) is 2.42. The molecule has 0 aliphatic carbocycles. The molecule has 0 aromatic carbocycles. The maximum absolute atomic E-state index is 12.6. The number of imidazole rings is 1. The molecule has 0 saturated carbocycles. The Bertz CT molecular complexity index is 663. The van der Waals surface area contributed by atoms with Crippen LogP contribution in [0.15, 0.2) is 12.5 Å². The molecule has 2 atom stereocenters. The number of nitrogens with one attached hydrogen (secondary N) is 2. The summed E-state index contributed by atoms with van der Waals surface area (Å²) in [7, 11) is 1.74. The zero-order valence-electron chi connectivity index (χ0n) is 16.8. The van der Waals surface area contributed by atoms with Gasteiger partial charge in [-0.15, -0.1) is 0 Å². The molecule has 9 nitrogen and oxygen atoms in total. The number of hydrogen-bond acceptors (Lipinski definition) is 5. The summed E-state index contributed by atoms with van der Waals surface area (Å²) in [4.78, 5) is 40.2. The van der Waals surface area contributed by atoms with Gasteiger partial charge in [-0.25, -0.2) is 14.6 Å². The molecule has 27 heavy (non-hydrogen) atoms. The molecule has 0 fully saturated rings.